The summed E-state index contributed by atoms with van der Waals surface area (Å²) >= 11 is 0. The summed E-state index contributed by atoms with van der Waals surface area (Å²) < 4.78 is 26.7. The molecule has 1 heterocycles. The van der Waals surface area contributed by atoms with Crippen molar-refractivity contribution in [3.05, 3.63) is 24.3 Å². The Hall–Kier alpha value is -1.48. The average molecular weight is 426 g/mol. The van der Waals surface area contributed by atoms with Crippen LogP contribution in [0.25, 0.3) is 0 Å². The number of likely N-dealkylation sites (tertiary alicyclic amines) is 1. The normalized spacial score (nSPS) is 21.3. The average Bonchev–Trinajstić information content (AvgIpc) is 2.61. The number of hydrogen-bond acceptors (Lipinski definition) is 5. The van der Waals surface area contributed by atoms with Gasteiger partial charge in [0.15, 0.2) is 0 Å². The molecular formula is C21H35N3O4S. The summed E-state index contributed by atoms with van der Waals surface area (Å²) in [4.78, 5) is 14.6. The number of sulfonamides is 1. The Morgan fingerprint density at radius 1 is 1.28 bits per heavy atom. The zero-order valence-corrected chi connectivity index (χ0v) is 19.0. The number of nitrogens with zero attached hydrogens (tertiary/aromatic N) is 2. The molecule has 29 heavy (non-hydrogen) atoms. The van der Waals surface area contributed by atoms with Crippen LogP contribution in [0.5, 0.6) is 0 Å². The van der Waals surface area contributed by atoms with E-state index in [4.69, 9.17) is 0 Å². The van der Waals surface area contributed by atoms with Gasteiger partial charge in [-0.2, -0.15) is 4.31 Å². The summed E-state index contributed by atoms with van der Waals surface area (Å²) in [5, 5.41) is 13.2. The van der Waals surface area contributed by atoms with Crippen molar-refractivity contribution in [2.45, 2.75) is 52.0 Å². The van der Waals surface area contributed by atoms with E-state index in [-0.39, 0.29) is 28.7 Å². The number of anilines is 1. The first-order chi connectivity index (χ1) is 13.5. The number of aliphatic hydroxyl groups is 1. The summed E-state index contributed by atoms with van der Waals surface area (Å²) in [6.07, 6.45) is 0.384. The number of nitrogens with one attached hydrogen (secondary N) is 1. The lowest BCUT2D eigenvalue weighted by Crippen LogP contribution is -2.49. The van der Waals surface area contributed by atoms with Crippen molar-refractivity contribution in [2.75, 3.05) is 38.0 Å². The summed E-state index contributed by atoms with van der Waals surface area (Å²) in [6, 6.07) is 6.34. The van der Waals surface area contributed by atoms with E-state index >= 15 is 0 Å². The van der Waals surface area contributed by atoms with Crippen molar-refractivity contribution in [3.63, 3.8) is 0 Å². The van der Waals surface area contributed by atoms with Crippen LogP contribution in [-0.4, -0.2) is 67.5 Å². The highest BCUT2D eigenvalue weighted by Gasteiger charge is 2.36. The highest BCUT2D eigenvalue weighted by Crippen LogP contribution is 2.34. The monoisotopic (exact) mass is 425 g/mol. The van der Waals surface area contributed by atoms with Crippen molar-refractivity contribution in [2.24, 2.45) is 11.3 Å². The van der Waals surface area contributed by atoms with Gasteiger partial charge in [0.1, 0.15) is 0 Å². The highest BCUT2D eigenvalue weighted by atomic mass is 32.2. The van der Waals surface area contributed by atoms with Crippen LogP contribution in [0.1, 0.15) is 41.0 Å². The van der Waals surface area contributed by atoms with Crippen molar-refractivity contribution in [1.82, 2.24) is 9.21 Å². The molecule has 2 N–H and O–H groups in total. The molecule has 8 heteroatoms. The zero-order valence-electron chi connectivity index (χ0n) is 18.2. The van der Waals surface area contributed by atoms with Crippen LogP contribution in [0, 0.1) is 11.3 Å². The highest BCUT2D eigenvalue weighted by molar-refractivity contribution is 7.89. The second-order valence-corrected chi connectivity index (χ2v) is 10.7. The number of amides is 1. The van der Waals surface area contributed by atoms with Gasteiger partial charge in [-0.25, -0.2) is 8.42 Å². The van der Waals surface area contributed by atoms with E-state index in [1.54, 1.807) is 26.0 Å². The number of piperidine rings is 1. The molecule has 0 unspecified atom stereocenters. The number of hydrogen-bond donors (Lipinski definition) is 2. The maximum absolute atomic E-state index is 12.7. The molecule has 0 bridgehead atoms. The molecule has 0 spiro atoms. The summed E-state index contributed by atoms with van der Waals surface area (Å²) in [5.41, 5.74) is 0.484. The molecule has 0 aromatic heterocycles. The minimum atomic E-state index is -3.58. The first-order valence-electron chi connectivity index (χ1n) is 10.3. The van der Waals surface area contributed by atoms with Crippen LogP contribution in [0.4, 0.5) is 5.69 Å². The summed E-state index contributed by atoms with van der Waals surface area (Å²) in [6.45, 7) is 12.1. The Bertz CT molecular complexity index is 800. The lowest BCUT2D eigenvalue weighted by atomic mass is 9.74. The molecule has 2 rings (SSSR count). The van der Waals surface area contributed by atoms with Crippen LogP contribution in [-0.2, 0) is 14.8 Å². The van der Waals surface area contributed by atoms with Gasteiger partial charge in [0.25, 0.3) is 0 Å². The van der Waals surface area contributed by atoms with Crippen LogP contribution < -0.4 is 5.32 Å². The molecular weight excluding hydrogens is 390 g/mol. The van der Waals surface area contributed by atoms with Gasteiger partial charge in [0.2, 0.25) is 15.9 Å². The zero-order chi connectivity index (χ0) is 21.8. The van der Waals surface area contributed by atoms with Crippen molar-refractivity contribution in [1.29, 1.82) is 0 Å². The lowest BCUT2D eigenvalue weighted by Gasteiger charge is -2.42. The number of β-amino-alcohol motifs (C(OH)–C–C–N with tert-alkyl or cyclic N) is 1. The third kappa shape index (κ3) is 6.01. The maximum atomic E-state index is 12.7. The predicted octanol–water partition coefficient (Wildman–Crippen LogP) is 2.38. The van der Waals surface area contributed by atoms with Gasteiger partial charge >= 0.3 is 0 Å². The van der Waals surface area contributed by atoms with E-state index in [1.807, 2.05) is 4.90 Å². The number of benzene rings is 1. The first-order valence-corrected chi connectivity index (χ1v) is 11.7. The molecule has 0 radical (unpaired) electrons. The third-order valence-corrected chi connectivity index (χ3v) is 7.65. The SMILES string of the molecule is CCN(CC)S(=O)(=O)c1cccc(NC(=O)CN2CC[C@@H](C(C)(C)C)[C@H](O)C2)c1. The number of carbonyl (C=O) groups excluding carboxylic acids is 1. The smallest absolute Gasteiger partial charge is 0.243 e. The van der Waals surface area contributed by atoms with Gasteiger partial charge in [-0.05, 0) is 42.5 Å². The Kier molecular flexibility index (Phi) is 7.84. The van der Waals surface area contributed by atoms with Crippen molar-refractivity contribution in [3.8, 4) is 0 Å². The van der Waals surface area contributed by atoms with Crippen LogP contribution in [0.2, 0.25) is 0 Å². The van der Waals surface area contributed by atoms with Gasteiger partial charge in [0.05, 0.1) is 17.5 Å². The van der Waals surface area contributed by atoms with Gasteiger partial charge < -0.3 is 10.4 Å². The number of carbonyl (C=O) groups is 1. The second kappa shape index (κ2) is 9.55. The molecule has 164 valence electrons. The fraction of sp³-hybridized carbons (Fsp3) is 0.667. The van der Waals surface area contributed by atoms with E-state index in [0.29, 0.717) is 25.3 Å². The molecule has 1 amide bonds. The number of aliphatic hydroxyl groups excluding tert-OH is 1. The molecule has 1 aliphatic heterocycles. The summed E-state index contributed by atoms with van der Waals surface area (Å²) in [7, 11) is -3.58. The standard InChI is InChI=1S/C21H35N3O4S/c1-6-24(7-2)29(27,28)17-10-8-9-16(13-17)22-20(26)15-23-12-11-18(19(25)14-23)21(3,4)5/h8-10,13,18-19,25H,6-7,11-12,14-15H2,1-5H3,(H,22,26)/t18-,19-/m1/s1. The molecule has 1 aromatic carbocycles. The molecule has 0 aliphatic carbocycles. The molecule has 1 aliphatic rings. The van der Waals surface area contributed by atoms with Crippen LogP contribution in [0.3, 0.4) is 0 Å². The van der Waals surface area contributed by atoms with E-state index in [9.17, 15) is 18.3 Å². The second-order valence-electron chi connectivity index (χ2n) is 8.73. The molecule has 1 aromatic rings. The van der Waals surface area contributed by atoms with Gasteiger partial charge in [-0.15, -0.1) is 0 Å². The molecule has 0 saturated carbocycles. The molecule has 1 saturated heterocycles. The predicted molar refractivity (Wildman–Crippen MR) is 115 cm³/mol. The van der Waals surface area contributed by atoms with E-state index < -0.39 is 16.1 Å². The Morgan fingerprint density at radius 2 is 1.93 bits per heavy atom. The Labute approximate surface area is 175 Å². The number of rotatable bonds is 7. The molecule has 1 fully saturated rings. The first kappa shape index (κ1) is 23.8. The van der Waals surface area contributed by atoms with Gasteiger partial charge in [-0.1, -0.05) is 40.7 Å². The topological polar surface area (TPSA) is 90.0 Å². The largest absolute Gasteiger partial charge is 0.391 e. The summed E-state index contributed by atoms with van der Waals surface area (Å²) in [5.74, 6) is -0.00688. The van der Waals surface area contributed by atoms with Gasteiger partial charge in [-0.3, -0.25) is 9.69 Å². The van der Waals surface area contributed by atoms with E-state index in [0.717, 1.165) is 13.0 Å². The van der Waals surface area contributed by atoms with Crippen molar-refractivity contribution >= 4 is 21.6 Å². The minimum Gasteiger partial charge on any atom is -0.391 e. The Balaban J connectivity index is 2.00. The quantitative estimate of drug-likeness (QED) is 0.700. The molecule has 2 atom stereocenters. The maximum Gasteiger partial charge on any atom is 0.243 e. The fourth-order valence-corrected chi connectivity index (χ4v) is 5.51. The lowest BCUT2D eigenvalue weighted by molar-refractivity contribution is -0.118. The third-order valence-electron chi connectivity index (χ3n) is 5.61. The fourth-order valence-electron chi connectivity index (χ4n) is 4.00. The van der Waals surface area contributed by atoms with Crippen molar-refractivity contribution < 1.29 is 18.3 Å². The Morgan fingerprint density at radius 3 is 2.48 bits per heavy atom. The van der Waals surface area contributed by atoms with E-state index in [2.05, 4.69) is 26.1 Å². The minimum absolute atomic E-state index is 0.0323. The van der Waals surface area contributed by atoms with Crippen LogP contribution >= 0.6 is 0 Å². The van der Waals surface area contributed by atoms with Gasteiger partial charge in [0, 0.05) is 25.3 Å². The molecule has 7 nitrogen and oxygen atoms in total. The van der Waals surface area contributed by atoms with E-state index in [1.165, 1.54) is 16.4 Å². The van der Waals surface area contributed by atoms with Crippen LogP contribution in [0.15, 0.2) is 29.2 Å².